The van der Waals surface area contributed by atoms with Crippen molar-refractivity contribution in [3.8, 4) is 0 Å². The number of aromatic nitrogens is 1. The summed E-state index contributed by atoms with van der Waals surface area (Å²) in [6.07, 6.45) is 1.56. The predicted octanol–water partition coefficient (Wildman–Crippen LogP) is 3.42. The number of carbonyl (C=O) groups excluding carboxylic acids is 2. The van der Waals surface area contributed by atoms with E-state index in [1.807, 2.05) is 13.8 Å². The molecule has 0 bridgehead atoms. The Morgan fingerprint density at radius 2 is 2.07 bits per heavy atom. The van der Waals surface area contributed by atoms with Gasteiger partial charge in [0.1, 0.15) is 5.69 Å². The molecule has 0 unspecified atom stereocenters. The molecule has 1 aromatic heterocycles. The standard InChI is InChI=1S/C20H25N5O4S/c1-13(2)10-21-18(26)14-4-3-9-24(11-14)19(27)17-12-30-20(23-17)22-15-5-7-16(8-6-15)25(28)29/h5-8,12-14H,3-4,9-11H2,1-2H3,(H,21,26)(H,22,23)/t14-/m1/s1. The molecule has 1 fully saturated rings. The van der Waals surface area contributed by atoms with Gasteiger partial charge in [0, 0.05) is 42.8 Å². The van der Waals surface area contributed by atoms with Gasteiger partial charge in [-0.1, -0.05) is 13.8 Å². The lowest BCUT2D eigenvalue weighted by Crippen LogP contribution is -2.46. The summed E-state index contributed by atoms with van der Waals surface area (Å²) in [5.41, 5.74) is 0.981. The molecule has 1 aliphatic heterocycles. The lowest BCUT2D eigenvalue weighted by Gasteiger charge is -2.31. The third kappa shape index (κ3) is 5.53. The summed E-state index contributed by atoms with van der Waals surface area (Å²) in [6.45, 7) is 5.72. The number of likely N-dealkylation sites (tertiary alicyclic amines) is 1. The highest BCUT2D eigenvalue weighted by atomic mass is 32.1. The topological polar surface area (TPSA) is 117 Å². The summed E-state index contributed by atoms with van der Waals surface area (Å²) in [5.74, 6) is -0.00545. The molecule has 2 N–H and O–H groups in total. The first-order chi connectivity index (χ1) is 14.3. The van der Waals surface area contributed by atoms with Crippen LogP contribution in [0.4, 0.5) is 16.5 Å². The molecule has 2 aromatic rings. The van der Waals surface area contributed by atoms with E-state index in [1.54, 1.807) is 22.4 Å². The van der Waals surface area contributed by atoms with Crippen molar-refractivity contribution >= 4 is 39.7 Å². The van der Waals surface area contributed by atoms with Crippen LogP contribution < -0.4 is 10.6 Å². The minimum Gasteiger partial charge on any atom is -0.356 e. The minimum atomic E-state index is -0.459. The van der Waals surface area contributed by atoms with Crippen molar-refractivity contribution in [3.05, 3.63) is 45.5 Å². The first-order valence-electron chi connectivity index (χ1n) is 9.87. The molecule has 0 radical (unpaired) electrons. The third-order valence-corrected chi connectivity index (χ3v) is 5.57. The second-order valence-corrected chi connectivity index (χ2v) is 8.55. The first-order valence-corrected chi connectivity index (χ1v) is 10.8. The second-order valence-electron chi connectivity index (χ2n) is 7.70. The van der Waals surface area contributed by atoms with Gasteiger partial charge in [0.25, 0.3) is 11.6 Å². The zero-order valence-corrected chi connectivity index (χ0v) is 17.8. The molecular weight excluding hydrogens is 406 g/mol. The van der Waals surface area contributed by atoms with Gasteiger partial charge in [-0.25, -0.2) is 4.98 Å². The molecule has 0 saturated carbocycles. The Bertz CT molecular complexity index is 912. The smallest absolute Gasteiger partial charge is 0.273 e. The number of rotatable bonds is 7. The number of piperidine rings is 1. The molecule has 0 aliphatic carbocycles. The van der Waals surface area contributed by atoms with Crippen LogP contribution >= 0.6 is 11.3 Å². The number of hydrogen-bond donors (Lipinski definition) is 2. The van der Waals surface area contributed by atoms with Gasteiger partial charge in [0.05, 0.1) is 10.8 Å². The van der Waals surface area contributed by atoms with E-state index in [-0.39, 0.29) is 23.4 Å². The first kappa shape index (κ1) is 21.7. The molecule has 160 valence electrons. The SMILES string of the molecule is CC(C)CNC(=O)[C@@H]1CCCN(C(=O)c2csc(Nc3ccc([N+](=O)[O-])cc3)n2)C1. The molecule has 1 atom stereocenters. The van der Waals surface area contributed by atoms with Gasteiger partial charge in [-0.3, -0.25) is 19.7 Å². The normalized spacial score (nSPS) is 16.4. The maximum Gasteiger partial charge on any atom is 0.273 e. The Balaban J connectivity index is 1.59. The molecule has 1 aromatic carbocycles. The molecule has 9 nitrogen and oxygen atoms in total. The van der Waals surface area contributed by atoms with Crippen molar-refractivity contribution in [1.29, 1.82) is 0 Å². The Morgan fingerprint density at radius 3 is 2.73 bits per heavy atom. The van der Waals surface area contributed by atoms with E-state index in [0.29, 0.717) is 42.1 Å². The number of benzene rings is 1. The van der Waals surface area contributed by atoms with Crippen LogP contribution in [0.15, 0.2) is 29.6 Å². The van der Waals surface area contributed by atoms with Gasteiger partial charge in [0.2, 0.25) is 5.91 Å². The average molecular weight is 432 g/mol. The number of hydrogen-bond acceptors (Lipinski definition) is 7. The highest BCUT2D eigenvalue weighted by Crippen LogP contribution is 2.25. The van der Waals surface area contributed by atoms with Crippen molar-refractivity contribution in [2.45, 2.75) is 26.7 Å². The fourth-order valence-electron chi connectivity index (χ4n) is 3.21. The Kier molecular flexibility index (Phi) is 6.99. The number of amides is 2. The number of nitrogens with zero attached hydrogens (tertiary/aromatic N) is 3. The highest BCUT2D eigenvalue weighted by molar-refractivity contribution is 7.14. The zero-order valence-electron chi connectivity index (χ0n) is 17.0. The summed E-state index contributed by atoms with van der Waals surface area (Å²) in [7, 11) is 0. The molecule has 10 heteroatoms. The monoisotopic (exact) mass is 431 g/mol. The van der Waals surface area contributed by atoms with Crippen molar-refractivity contribution in [2.75, 3.05) is 25.0 Å². The summed E-state index contributed by atoms with van der Waals surface area (Å²) < 4.78 is 0. The van der Waals surface area contributed by atoms with Crippen molar-refractivity contribution < 1.29 is 14.5 Å². The number of nitrogens with one attached hydrogen (secondary N) is 2. The predicted molar refractivity (Wildman–Crippen MR) is 115 cm³/mol. The van der Waals surface area contributed by atoms with Crippen LogP contribution in [-0.4, -0.2) is 46.3 Å². The van der Waals surface area contributed by atoms with E-state index in [9.17, 15) is 19.7 Å². The van der Waals surface area contributed by atoms with Crippen LogP contribution in [0.25, 0.3) is 0 Å². The van der Waals surface area contributed by atoms with E-state index in [0.717, 1.165) is 12.8 Å². The third-order valence-electron chi connectivity index (χ3n) is 4.82. The maximum atomic E-state index is 12.9. The second kappa shape index (κ2) is 9.66. The number of carbonyl (C=O) groups is 2. The van der Waals surface area contributed by atoms with Crippen LogP contribution in [0.1, 0.15) is 37.2 Å². The van der Waals surface area contributed by atoms with Crippen LogP contribution in [0.2, 0.25) is 0 Å². The Labute approximate surface area is 178 Å². The van der Waals surface area contributed by atoms with E-state index >= 15 is 0 Å². The number of thiazole rings is 1. The van der Waals surface area contributed by atoms with Crippen molar-refractivity contribution in [1.82, 2.24) is 15.2 Å². The minimum absolute atomic E-state index is 0.00000421. The number of non-ortho nitro benzene ring substituents is 1. The van der Waals surface area contributed by atoms with E-state index < -0.39 is 4.92 Å². The van der Waals surface area contributed by atoms with Gasteiger partial charge < -0.3 is 15.5 Å². The molecule has 2 heterocycles. The quantitative estimate of drug-likeness (QED) is 0.512. The average Bonchev–Trinajstić information content (AvgIpc) is 3.20. The summed E-state index contributed by atoms with van der Waals surface area (Å²) in [5, 5.41) is 18.9. The molecule has 1 aliphatic rings. The fraction of sp³-hybridized carbons (Fsp3) is 0.450. The largest absolute Gasteiger partial charge is 0.356 e. The van der Waals surface area contributed by atoms with Crippen LogP contribution in [0.5, 0.6) is 0 Å². The summed E-state index contributed by atoms with van der Waals surface area (Å²) >= 11 is 1.28. The molecule has 0 spiro atoms. The Morgan fingerprint density at radius 1 is 1.33 bits per heavy atom. The van der Waals surface area contributed by atoms with Crippen molar-refractivity contribution in [2.24, 2.45) is 11.8 Å². The van der Waals surface area contributed by atoms with Crippen molar-refractivity contribution in [3.63, 3.8) is 0 Å². The fourth-order valence-corrected chi connectivity index (χ4v) is 3.91. The number of nitro benzene ring substituents is 1. The van der Waals surface area contributed by atoms with Gasteiger partial charge in [-0.2, -0.15) is 0 Å². The molecule has 1 saturated heterocycles. The number of anilines is 2. The van der Waals surface area contributed by atoms with Crippen LogP contribution in [0, 0.1) is 22.0 Å². The van der Waals surface area contributed by atoms with E-state index in [1.165, 1.54) is 23.5 Å². The summed E-state index contributed by atoms with van der Waals surface area (Å²) in [6, 6.07) is 5.98. The lowest BCUT2D eigenvalue weighted by atomic mass is 9.96. The van der Waals surface area contributed by atoms with Gasteiger partial charge in [0.15, 0.2) is 5.13 Å². The molecule has 3 rings (SSSR count). The van der Waals surface area contributed by atoms with Crippen LogP contribution in [0.3, 0.4) is 0 Å². The van der Waals surface area contributed by atoms with E-state index in [4.69, 9.17) is 0 Å². The Hall–Kier alpha value is -3.01. The highest BCUT2D eigenvalue weighted by Gasteiger charge is 2.29. The molecule has 30 heavy (non-hydrogen) atoms. The van der Waals surface area contributed by atoms with Crippen LogP contribution in [-0.2, 0) is 4.79 Å². The van der Waals surface area contributed by atoms with Gasteiger partial charge >= 0.3 is 0 Å². The molecule has 2 amide bonds. The van der Waals surface area contributed by atoms with Gasteiger partial charge in [-0.05, 0) is 30.9 Å². The van der Waals surface area contributed by atoms with Gasteiger partial charge in [-0.15, -0.1) is 11.3 Å². The number of nitro groups is 1. The molecular formula is C20H25N5O4S. The zero-order chi connectivity index (χ0) is 21.7. The lowest BCUT2D eigenvalue weighted by molar-refractivity contribution is -0.384. The van der Waals surface area contributed by atoms with E-state index in [2.05, 4.69) is 15.6 Å². The summed E-state index contributed by atoms with van der Waals surface area (Å²) in [4.78, 5) is 41.5. The maximum absolute atomic E-state index is 12.9.